The summed E-state index contributed by atoms with van der Waals surface area (Å²) in [6.45, 7) is 0. The third kappa shape index (κ3) is 1.36. The van der Waals surface area contributed by atoms with Gasteiger partial charge in [-0.25, -0.2) is 4.79 Å². The molecular formula is C3H2N2O3. The summed E-state index contributed by atoms with van der Waals surface area (Å²) < 4.78 is 0. The first kappa shape index (κ1) is 6.59. The van der Waals surface area contributed by atoms with Crippen molar-refractivity contribution in [3.63, 3.8) is 0 Å². The quantitative estimate of drug-likeness (QED) is 0.254. The van der Waals surface area contributed by atoms with Crippen molar-refractivity contribution in [3.8, 4) is 6.07 Å². The predicted molar refractivity (Wildman–Crippen MR) is 20.9 cm³/mol. The average molecular weight is 114 g/mol. The van der Waals surface area contributed by atoms with E-state index in [4.69, 9.17) is 5.26 Å². The van der Waals surface area contributed by atoms with E-state index in [1.165, 1.54) is 0 Å². The van der Waals surface area contributed by atoms with Crippen molar-refractivity contribution in [3.05, 3.63) is 0 Å². The van der Waals surface area contributed by atoms with Crippen LogP contribution in [0.5, 0.6) is 0 Å². The van der Waals surface area contributed by atoms with Gasteiger partial charge in [-0.15, -0.1) is 0 Å². The molecule has 42 valence electrons. The maximum absolute atomic E-state index is 9.83. The number of Topliss-reactive ketones (excluding diaryl/α,β-unsaturated/α-hetero) is 1. The first-order valence-corrected chi connectivity index (χ1v) is 1.57. The van der Waals surface area contributed by atoms with E-state index in [1.54, 1.807) is 0 Å². The van der Waals surface area contributed by atoms with Crippen molar-refractivity contribution in [1.82, 2.24) is 0 Å². The van der Waals surface area contributed by atoms with Gasteiger partial charge in [-0.3, -0.25) is 4.79 Å². The van der Waals surface area contributed by atoms with E-state index in [0.717, 1.165) is 6.07 Å². The second-order valence-electron chi connectivity index (χ2n) is 0.846. The van der Waals surface area contributed by atoms with E-state index < -0.39 is 11.8 Å². The number of carbonyl (C=O) groups is 2. The van der Waals surface area contributed by atoms with Crippen LogP contribution in [0.1, 0.15) is 0 Å². The van der Waals surface area contributed by atoms with E-state index in [2.05, 4.69) is 10.7 Å². The molecule has 2 N–H and O–H groups in total. The second kappa shape index (κ2) is 2.71. The smallest absolute Gasteiger partial charge is 0.367 e. The van der Waals surface area contributed by atoms with Gasteiger partial charge in [0.2, 0.25) is 0 Å². The summed E-state index contributed by atoms with van der Waals surface area (Å²) in [6, 6.07) is 1.02. The van der Waals surface area contributed by atoms with Crippen LogP contribution in [0.3, 0.4) is 0 Å². The number of nitrogens with two attached hydrogens (primary N) is 1. The van der Waals surface area contributed by atoms with Gasteiger partial charge in [-0.2, -0.15) is 11.2 Å². The van der Waals surface area contributed by atoms with Crippen molar-refractivity contribution in [2.75, 3.05) is 0 Å². The summed E-state index contributed by atoms with van der Waals surface area (Å²) in [6.07, 6.45) is 0. The summed E-state index contributed by atoms with van der Waals surface area (Å²) in [5.74, 6) is 1.59. The molecular weight excluding hydrogens is 112 g/mol. The number of rotatable bonds is 1. The van der Waals surface area contributed by atoms with Gasteiger partial charge >= 0.3 is 11.8 Å². The number of ketones is 1. The van der Waals surface area contributed by atoms with Crippen molar-refractivity contribution < 1.29 is 14.4 Å². The highest BCUT2D eigenvalue weighted by Crippen LogP contribution is 1.69. The highest BCUT2D eigenvalue weighted by Gasteiger charge is 2.11. The first-order valence-electron chi connectivity index (χ1n) is 1.57. The van der Waals surface area contributed by atoms with Crippen LogP contribution in [0.25, 0.3) is 0 Å². The fraction of sp³-hybridized carbons (Fsp3) is 0. The van der Waals surface area contributed by atoms with Crippen LogP contribution in [0.2, 0.25) is 0 Å². The predicted octanol–water partition coefficient (Wildman–Crippen LogP) is -1.50. The number of nitriles is 1. The molecule has 0 aliphatic heterocycles. The summed E-state index contributed by atoms with van der Waals surface area (Å²) >= 11 is 0. The van der Waals surface area contributed by atoms with Crippen LogP contribution in [-0.2, 0) is 14.4 Å². The van der Waals surface area contributed by atoms with E-state index in [-0.39, 0.29) is 0 Å². The normalized spacial score (nSPS) is 7.00. The van der Waals surface area contributed by atoms with Crippen LogP contribution in [-0.4, -0.2) is 11.8 Å². The molecule has 0 fully saturated rings. The van der Waals surface area contributed by atoms with Crippen molar-refractivity contribution >= 4 is 11.8 Å². The lowest BCUT2D eigenvalue weighted by Gasteiger charge is -1.83. The van der Waals surface area contributed by atoms with Gasteiger partial charge in [-0.1, -0.05) is 0 Å². The average Bonchev–Trinajstić information content (AvgIpc) is 1.84. The fourth-order valence-electron chi connectivity index (χ4n) is 0.0992. The Bertz CT molecular complexity index is 156. The highest BCUT2D eigenvalue weighted by atomic mass is 16.7. The molecule has 0 saturated carbocycles. The third-order valence-corrected chi connectivity index (χ3v) is 0.394. The molecule has 8 heavy (non-hydrogen) atoms. The first-order chi connectivity index (χ1) is 3.72. The molecule has 0 heterocycles. The van der Waals surface area contributed by atoms with Gasteiger partial charge in [0, 0.05) is 0 Å². The van der Waals surface area contributed by atoms with Crippen LogP contribution in [0, 0.1) is 11.3 Å². The van der Waals surface area contributed by atoms with Crippen molar-refractivity contribution in [2.24, 2.45) is 5.90 Å². The molecule has 5 nitrogen and oxygen atoms in total. The lowest BCUT2D eigenvalue weighted by Crippen LogP contribution is -2.18. The molecule has 0 aliphatic carbocycles. The minimum atomic E-state index is -1.34. The SMILES string of the molecule is N#CC(=O)C(=O)ON. The lowest BCUT2D eigenvalue weighted by atomic mass is 10.5. The highest BCUT2D eigenvalue weighted by molar-refractivity contribution is 6.40. The standard InChI is InChI=1S/C3H2N2O3/c4-1-2(6)3(7)8-5/h5H2. The van der Waals surface area contributed by atoms with Crippen LogP contribution < -0.4 is 5.90 Å². The largest absolute Gasteiger partial charge is 0.408 e. The molecule has 0 rings (SSSR count). The van der Waals surface area contributed by atoms with E-state index >= 15 is 0 Å². The van der Waals surface area contributed by atoms with Crippen LogP contribution in [0.4, 0.5) is 0 Å². The molecule has 0 bridgehead atoms. The van der Waals surface area contributed by atoms with Gasteiger partial charge in [0.05, 0.1) is 0 Å². The van der Waals surface area contributed by atoms with E-state index in [1.807, 2.05) is 0 Å². The molecule has 0 saturated heterocycles. The van der Waals surface area contributed by atoms with Gasteiger partial charge in [0.1, 0.15) is 0 Å². The Morgan fingerprint density at radius 1 is 1.62 bits per heavy atom. The summed E-state index contributed by atoms with van der Waals surface area (Å²) in [4.78, 5) is 23.0. The fourth-order valence-corrected chi connectivity index (χ4v) is 0.0992. The van der Waals surface area contributed by atoms with Gasteiger partial charge in [-0.05, 0) is 0 Å². The molecule has 0 aliphatic rings. The van der Waals surface area contributed by atoms with Crippen LogP contribution in [0.15, 0.2) is 0 Å². The maximum Gasteiger partial charge on any atom is 0.408 e. The van der Waals surface area contributed by atoms with Crippen molar-refractivity contribution in [2.45, 2.75) is 0 Å². The maximum atomic E-state index is 9.83. The minimum absolute atomic E-state index is 1.02. The Kier molecular flexibility index (Phi) is 2.23. The van der Waals surface area contributed by atoms with E-state index in [0.29, 0.717) is 0 Å². The summed E-state index contributed by atoms with van der Waals surface area (Å²) in [7, 11) is 0. The zero-order valence-corrected chi connectivity index (χ0v) is 3.75. The van der Waals surface area contributed by atoms with Gasteiger partial charge in [0.25, 0.3) is 0 Å². The number of carbonyl (C=O) groups excluding carboxylic acids is 2. The molecule has 0 aromatic heterocycles. The zero-order valence-electron chi connectivity index (χ0n) is 3.75. The molecule has 0 amide bonds. The summed E-state index contributed by atoms with van der Waals surface area (Å²) in [5, 5.41) is 7.68. The summed E-state index contributed by atoms with van der Waals surface area (Å²) in [5.41, 5.74) is 0. The molecule has 0 spiro atoms. The number of hydrogen-bond acceptors (Lipinski definition) is 5. The third-order valence-electron chi connectivity index (χ3n) is 0.394. The van der Waals surface area contributed by atoms with Gasteiger partial charge in [0.15, 0.2) is 6.07 Å². The Morgan fingerprint density at radius 3 is 2.25 bits per heavy atom. The zero-order chi connectivity index (χ0) is 6.57. The number of hydrogen-bond donors (Lipinski definition) is 1. The number of nitrogens with zero attached hydrogens (tertiary/aromatic N) is 1. The minimum Gasteiger partial charge on any atom is -0.367 e. The topological polar surface area (TPSA) is 93.2 Å². The lowest BCUT2D eigenvalue weighted by molar-refractivity contribution is -0.151. The Hall–Kier alpha value is -1.41. The molecule has 0 aromatic rings. The Labute approximate surface area is 44.6 Å². The molecule has 0 atom stereocenters. The molecule has 5 heteroatoms. The molecule has 0 radical (unpaired) electrons. The monoisotopic (exact) mass is 114 g/mol. The van der Waals surface area contributed by atoms with Crippen LogP contribution >= 0.6 is 0 Å². The molecule has 0 aromatic carbocycles. The second-order valence-corrected chi connectivity index (χ2v) is 0.846. The van der Waals surface area contributed by atoms with Gasteiger partial charge < -0.3 is 4.84 Å². The Balaban J connectivity index is 3.89. The van der Waals surface area contributed by atoms with E-state index in [9.17, 15) is 9.59 Å². The molecule has 0 unspecified atom stereocenters. The van der Waals surface area contributed by atoms with Crippen molar-refractivity contribution in [1.29, 1.82) is 5.26 Å². The Morgan fingerprint density at radius 2 is 2.12 bits per heavy atom.